The molecule has 0 amide bonds. The Balaban J connectivity index is 2.27. The van der Waals surface area contributed by atoms with Gasteiger partial charge in [0.05, 0.1) is 11.7 Å². The predicted molar refractivity (Wildman–Crippen MR) is 64.1 cm³/mol. The van der Waals surface area contributed by atoms with Crippen LogP contribution in [0.15, 0.2) is 18.3 Å². The summed E-state index contributed by atoms with van der Waals surface area (Å²) in [6.45, 7) is 2.05. The summed E-state index contributed by atoms with van der Waals surface area (Å²) in [4.78, 5) is 0. The molecule has 16 heavy (non-hydrogen) atoms. The standard InChI is InChI=1S/C10H9N5S/c1-5-6(9-14-15-10(11)16-9)2-3-8-7(5)4-12-13-8/h2-4H,1H3,(H2,11,15)(H,12,13). The molecular formula is C10H9N5S. The molecule has 5 nitrogen and oxygen atoms in total. The predicted octanol–water partition coefficient (Wildman–Crippen LogP) is 1.97. The third-order valence-corrected chi connectivity index (χ3v) is 3.35. The van der Waals surface area contributed by atoms with Crippen molar-refractivity contribution in [3.05, 3.63) is 23.9 Å². The molecule has 0 aliphatic rings. The molecule has 0 aliphatic carbocycles. The highest BCUT2D eigenvalue weighted by Gasteiger charge is 2.10. The lowest BCUT2D eigenvalue weighted by Crippen LogP contribution is -1.84. The van der Waals surface area contributed by atoms with Crippen molar-refractivity contribution in [3.63, 3.8) is 0 Å². The number of nitrogens with one attached hydrogen (secondary N) is 1. The van der Waals surface area contributed by atoms with Crippen LogP contribution in [0, 0.1) is 6.92 Å². The summed E-state index contributed by atoms with van der Waals surface area (Å²) in [5.41, 5.74) is 8.81. The Morgan fingerprint density at radius 1 is 1.31 bits per heavy atom. The molecule has 0 unspecified atom stereocenters. The second kappa shape index (κ2) is 3.28. The van der Waals surface area contributed by atoms with E-state index in [-0.39, 0.29) is 0 Å². The average Bonchev–Trinajstić information content (AvgIpc) is 2.87. The molecule has 0 radical (unpaired) electrons. The smallest absolute Gasteiger partial charge is 0.203 e. The van der Waals surface area contributed by atoms with Gasteiger partial charge < -0.3 is 5.73 Å². The van der Waals surface area contributed by atoms with E-state index in [9.17, 15) is 0 Å². The molecule has 3 N–H and O–H groups in total. The van der Waals surface area contributed by atoms with Crippen molar-refractivity contribution in [1.29, 1.82) is 0 Å². The first-order chi connectivity index (χ1) is 7.75. The minimum atomic E-state index is 0.488. The van der Waals surface area contributed by atoms with Crippen LogP contribution in [0.4, 0.5) is 5.13 Å². The SMILES string of the molecule is Cc1c(-c2nnc(N)s2)ccc2[nH]ncc12. The zero-order valence-corrected chi connectivity index (χ0v) is 9.38. The first-order valence-electron chi connectivity index (χ1n) is 4.78. The Morgan fingerprint density at radius 3 is 2.94 bits per heavy atom. The third kappa shape index (κ3) is 1.27. The fourth-order valence-electron chi connectivity index (χ4n) is 1.73. The first-order valence-corrected chi connectivity index (χ1v) is 5.59. The van der Waals surface area contributed by atoms with Gasteiger partial charge in [0.1, 0.15) is 5.01 Å². The zero-order valence-electron chi connectivity index (χ0n) is 8.56. The number of H-pyrrole nitrogens is 1. The molecule has 0 atom stereocenters. The fraction of sp³-hybridized carbons (Fsp3) is 0.100. The van der Waals surface area contributed by atoms with Gasteiger partial charge in [-0.3, -0.25) is 5.10 Å². The van der Waals surface area contributed by atoms with Gasteiger partial charge in [-0.05, 0) is 24.6 Å². The summed E-state index contributed by atoms with van der Waals surface area (Å²) >= 11 is 1.39. The van der Waals surface area contributed by atoms with Crippen molar-refractivity contribution >= 4 is 27.4 Å². The Bertz CT molecular complexity index is 654. The van der Waals surface area contributed by atoms with Crippen LogP contribution in [-0.2, 0) is 0 Å². The van der Waals surface area contributed by atoms with Crippen LogP contribution in [0.2, 0.25) is 0 Å². The highest BCUT2D eigenvalue weighted by molar-refractivity contribution is 7.18. The van der Waals surface area contributed by atoms with E-state index in [2.05, 4.69) is 20.4 Å². The van der Waals surface area contributed by atoms with Crippen LogP contribution in [0.5, 0.6) is 0 Å². The van der Waals surface area contributed by atoms with E-state index in [4.69, 9.17) is 5.73 Å². The number of anilines is 1. The Morgan fingerprint density at radius 2 is 2.19 bits per heavy atom. The number of nitrogen functional groups attached to an aromatic ring is 1. The average molecular weight is 231 g/mol. The van der Waals surface area contributed by atoms with E-state index in [1.54, 1.807) is 0 Å². The fourth-order valence-corrected chi connectivity index (χ4v) is 2.43. The number of aromatic amines is 1. The monoisotopic (exact) mass is 231 g/mol. The number of fused-ring (bicyclic) bond motifs is 1. The van der Waals surface area contributed by atoms with E-state index in [0.717, 1.165) is 27.0 Å². The number of nitrogens with two attached hydrogens (primary N) is 1. The van der Waals surface area contributed by atoms with Crippen LogP contribution in [-0.4, -0.2) is 20.4 Å². The summed E-state index contributed by atoms with van der Waals surface area (Å²) in [5, 5.41) is 17.3. The van der Waals surface area contributed by atoms with Crippen LogP contribution >= 0.6 is 11.3 Å². The minimum absolute atomic E-state index is 0.488. The maximum absolute atomic E-state index is 5.59. The van der Waals surface area contributed by atoms with Crippen LogP contribution in [0.25, 0.3) is 21.5 Å². The molecule has 80 valence electrons. The van der Waals surface area contributed by atoms with Gasteiger partial charge in [0.15, 0.2) is 0 Å². The van der Waals surface area contributed by atoms with E-state index in [0.29, 0.717) is 5.13 Å². The van der Waals surface area contributed by atoms with Crippen molar-refractivity contribution in [1.82, 2.24) is 20.4 Å². The summed E-state index contributed by atoms with van der Waals surface area (Å²) in [5.74, 6) is 0. The van der Waals surface area contributed by atoms with Gasteiger partial charge in [0.2, 0.25) is 5.13 Å². The number of benzene rings is 1. The summed E-state index contributed by atoms with van der Waals surface area (Å²) in [6, 6.07) is 4.00. The van der Waals surface area contributed by atoms with E-state index < -0.39 is 0 Å². The molecule has 6 heteroatoms. The molecular weight excluding hydrogens is 222 g/mol. The van der Waals surface area contributed by atoms with Crippen molar-refractivity contribution < 1.29 is 0 Å². The van der Waals surface area contributed by atoms with Gasteiger partial charge in [-0.25, -0.2) is 0 Å². The normalized spacial score (nSPS) is 11.1. The Labute approximate surface area is 95.3 Å². The molecule has 2 heterocycles. The van der Waals surface area contributed by atoms with Gasteiger partial charge in [0.25, 0.3) is 0 Å². The van der Waals surface area contributed by atoms with Gasteiger partial charge >= 0.3 is 0 Å². The molecule has 0 saturated carbocycles. The van der Waals surface area contributed by atoms with Gasteiger partial charge in [-0.15, -0.1) is 10.2 Å². The highest BCUT2D eigenvalue weighted by Crippen LogP contribution is 2.31. The maximum atomic E-state index is 5.59. The second-order valence-electron chi connectivity index (χ2n) is 3.51. The largest absolute Gasteiger partial charge is 0.374 e. The maximum Gasteiger partial charge on any atom is 0.203 e. The molecule has 0 saturated heterocycles. The van der Waals surface area contributed by atoms with Crippen molar-refractivity contribution in [2.45, 2.75) is 6.92 Å². The Kier molecular flexibility index (Phi) is 1.90. The number of hydrogen-bond donors (Lipinski definition) is 2. The van der Waals surface area contributed by atoms with E-state index in [1.165, 1.54) is 11.3 Å². The number of rotatable bonds is 1. The van der Waals surface area contributed by atoms with Crippen molar-refractivity contribution in [3.8, 4) is 10.6 Å². The number of nitrogens with zero attached hydrogens (tertiary/aromatic N) is 3. The van der Waals surface area contributed by atoms with Gasteiger partial charge in [-0.1, -0.05) is 11.3 Å². The number of hydrogen-bond acceptors (Lipinski definition) is 5. The van der Waals surface area contributed by atoms with Gasteiger partial charge in [0, 0.05) is 10.9 Å². The van der Waals surface area contributed by atoms with Crippen LogP contribution in [0.3, 0.4) is 0 Å². The summed E-state index contributed by atoms with van der Waals surface area (Å²) < 4.78 is 0. The second-order valence-corrected chi connectivity index (χ2v) is 4.52. The quantitative estimate of drug-likeness (QED) is 0.671. The Hall–Kier alpha value is -1.95. The molecule has 0 spiro atoms. The van der Waals surface area contributed by atoms with Crippen LogP contribution in [0.1, 0.15) is 5.56 Å². The lowest BCUT2D eigenvalue weighted by molar-refractivity contribution is 1.10. The van der Waals surface area contributed by atoms with Crippen LogP contribution < -0.4 is 5.73 Å². The molecule has 0 bridgehead atoms. The lowest BCUT2D eigenvalue weighted by atomic mass is 10.1. The number of aromatic nitrogens is 4. The molecule has 2 aromatic heterocycles. The molecule has 0 aliphatic heterocycles. The molecule has 3 rings (SSSR count). The molecule has 1 aromatic carbocycles. The van der Waals surface area contributed by atoms with E-state index >= 15 is 0 Å². The highest BCUT2D eigenvalue weighted by atomic mass is 32.1. The first kappa shape index (κ1) is 9.29. The minimum Gasteiger partial charge on any atom is -0.374 e. The molecule has 3 aromatic rings. The van der Waals surface area contributed by atoms with Crippen molar-refractivity contribution in [2.24, 2.45) is 0 Å². The zero-order chi connectivity index (χ0) is 11.1. The van der Waals surface area contributed by atoms with Crippen molar-refractivity contribution in [2.75, 3.05) is 5.73 Å². The number of aryl methyl sites for hydroxylation is 1. The van der Waals surface area contributed by atoms with E-state index in [1.807, 2.05) is 25.3 Å². The lowest BCUT2D eigenvalue weighted by Gasteiger charge is -2.01. The third-order valence-electron chi connectivity index (χ3n) is 2.56. The molecule has 0 fully saturated rings. The summed E-state index contributed by atoms with van der Waals surface area (Å²) in [6.07, 6.45) is 1.82. The summed E-state index contributed by atoms with van der Waals surface area (Å²) in [7, 11) is 0. The van der Waals surface area contributed by atoms with Gasteiger partial charge in [-0.2, -0.15) is 5.10 Å². The topological polar surface area (TPSA) is 80.5 Å².